The van der Waals surface area contributed by atoms with Crippen molar-refractivity contribution in [2.75, 3.05) is 23.3 Å². The molecule has 4 heterocycles. The average molecular weight is 354 g/mol. The van der Waals surface area contributed by atoms with Gasteiger partial charge >= 0.3 is 0 Å². The lowest BCUT2D eigenvalue weighted by Crippen LogP contribution is -2.23. The van der Waals surface area contributed by atoms with Crippen LogP contribution in [0.1, 0.15) is 28.2 Å². The molecule has 3 aromatic heterocycles. The van der Waals surface area contributed by atoms with Gasteiger partial charge in [-0.1, -0.05) is 0 Å². The summed E-state index contributed by atoms with van der Waals surface area (Å²) in [5.74, 6) is 0.775. The van der Waals surface area contributed by atoms with E-state index < -0.39 is 6.17 Å². The Morgan fingerprint density at radius 2 is 2.15 bits per heavy atom. The highest BCUT2D eigenvalue weighted by Gasteiger charge is 2.24. The lowest BCUT2D eigenvalue weighted by atomic mass is 10.2. The highest BCUT2D eigenvalue weighted by molar-refractivity contribution is 6.02. The number of pyridine rings is 1. The van der Waals surface area contributed by atoms with Gasteiger partial charge in [0, 0.05) is 12.2 Å². The van der Waals surface area contributed by atoms with E-state index in [1.807, 2.05) is 24.8 Å². The lowest BCUT2D eigenvalue weighted by molar-refractivity contribution is 0.102. The van der Waals surface area contributed by atoms with Crippen molar-refractivity contribution in [3.05, 3.63) is 47.4 Å². The molecule has 0 aromatic carbocycles. The van der Waals surface area contributed by atoms with E-state index in [4.69, 9.17) is 0 Å². The predicted octanol–water partition coefficient (Wildman–Crippen LogP) is 2.54. The molecular formula is C18H19FN6O. The number of hydrogen-bond donors (Lipinski definition) is 1. The third-order valence-electron chi connectivity index (χ3n) is 4.37. The largest absolute Gasteiger partial charge is 0.352 e. The van der Waals surface area contributed by atoms with Crippen LogP contribution in [-0.2, 0) is 0 Å². The minimum Gasteiger partial charge on any atom is -0.352 e. The van der Waals surface area contributed by atoms with Crippen molar-refractivity contribution in [3.63, 3.8) is 0 Å². The molecule has 1 atom stereocenters. The molecule has 134 valence electrons. The fourth-order valence-electron chi connectivity index (χ4n) is 3.20. The fourth-order valence-corrected chi connectivity index (χ4v) is 3.20. The van der Waals surface area contributed by atoms with Crippen LogP contribution in [0.25, 0.3) is 5.65 Å². The molecule has 8 heteroatoms. The molecule has 0 unspecified atom stereocenters. The molecule has 1 saturated heterocycles. The van der Waals surface area contributed by atoms with Crippen molar-refractivity contribution in [2.24, 2.45) is 0 Å². The number of nitrogens with one attached hydrogen (secondary N) is 1. The van der Waals surface area contributed by atoms with E-state index in [0.717, 1.165) is 11.3 Å². The summed E-state index contributed by atoms with van der Waals surface area (Å²) < 4.78 is 15.0. The second-order valence-corrected chi connectivity index (χ2v) is 6.56. The van der Waals surface area contributed by atoms with Gasteiger partial charge in [-0.2, -0.15) is 0 Å². The molecule has 1 N–H and O–H groups in total. The first kappa shape index (κ1) is 16.4. The van der Waals surface area contributed by atoms with Gasteiger partial charge in [-0.3, -0.25) is 4.79 Å². The minimum atomic E-state index is -0.839. The maximum atomic E-state index is 13.5. The van der Waals surface area contributed by atoms with Crippen LogP contribution in [0.5, 0.6) is 0 Å². The number of halogens is 1. The number of imidazole rings is 1. The molecule has 7 nitrogen and oxygen atoms in total. The van der Waals surface area contributed by atoms with E-state index in [1.54, 1.807) is 18.2 Å². The molecule has 1 aliphatic rings. The van der Waals surface area contributed by atoms with Crippen LogP contribution in [0, 0.1) is 13.8 Å². The summed E-state index contributed by atoms with van der Waals surface area (Å²) in [5.41, 5.74) is 2.71. The highest BCUT2D eigenvalue weighted by Crippen LogP contribution is 2.21. The smallest absolute Gasteiger partial charge is 0.277 e. The zero-order chi connectivity index (χ0) is 18.3. The molecule has 1 aliphatic heterocycles. The van der Waals surface area contributed by atoms with E-state index in [1.165, 1.54) is 10.7 Å². The maximum Gasteiger partial charge on any atom is 0.277 e. The van der Waals surface area contributed by atoms with Gasteiger partial charge in [0.2, 0.25) is 0 Å². The van der Waals surface area contributed by atoms with Crippen LogP contribution in [-0.4, -0.2) is 44.8 Å². The van der Waals surface area contributed by atoms with Crippen LogP contribution in [0.3, 0.4) is 0 Å². The number of rotatable bonds is 3. The summed E-state index contributed by atoms with van der Waals surface area (Å²) >= 11 is 0. The normalized spacial score (nSPS) is 17.0. The molecule has 26 heavy (non-hydrogen) atoms. The number of anilines is 2. The first-order valence-corrected chi connectivity index (χ1v) is 8.50. The van der Waals surface area contributed by atoms with Crippen LogP contribution in [0.2, 0.25) is 0 Å². The number of aromatic nitrogens is 4. The Balaban J connectivity index is 1.64. The standard InChI is InChI=1S/C18H19FN6O/c1-11-7-12(2)21-15(8-11)22-18(26)14-9-20-16-3-4-17(23-25(14)16)24-6-5-13(19)10-24/h3-4,7-9,13H,5-6,10H2,1-2H3,(H,21,22,26)/t13-/m0/s1. The van der Waals surface area contributed by atoms with Crippen molar-refractivity contribution >= 4 is 23.2 Å². The van der Waals surface area contributed by atoms with Gasteiger partial charge < -0.3 is 10.2 Å². The van der Waals surface area contributed by atoms with Gasteiger partial charge in [0.05, 0.1) is 12.7 Å². The molecule has 0 spiro atoms. The number of alkyl halides is 1. The number of hydrogen-bond acceptors (Lipinski definition) is 5. The highest BCUT2D eigenvalue weighted by atomic mass is 19.1. The first-order chi connectivity index (χ1) is 12.5. The number of aryl methyl sites for hydroxylation is 2. The van der Waals surface area contributed by atoms with Gasteiger partial charge in [0.1, 0.15) is 17.8 Å². The number of amides is 1. The van der Waals surface area contributed by atoms with Crippen LogP contribution < -0.4 is 10.2 Å². The molecule has 1 fully saturated rings. The fraction of sp³-hybridized carbons (Fsp3) is 0.333. The predicted molar refractivity (Wildman–Crippen MR) is 96.4 cm³/mol. The number of nitrogens with zero attached hydrogens (tertiary/aromatic N) is 5. The van der Waals surface area contributed by atoms with E-state index in [0.29, 0.717) is 42.5 Å². The van der Waals surface area contributed by atoms with E-state index >= 15 is 0 Å². The van der Waals surface area contributed by atoms with Crippen molar-refractivity contribution < 1.29 is 9.18 Å². The zero-order valence-corrected chi connectivity index (χ0v) is 14.6. The molecule has 3 aromatic rings. The number of carbonyl (C=O) groups is 1. The Kier molecular flexibility index (Phi) is 4.02. The molecule has 0 saturated carbocycles. The Labute approximate surface area is 149 Å². The molecule has 0 radical (unpaired) electrons. The molecule has 0 aliphatic carbocycles. The average Bonchev–Trinajstić information content (AvgIpc) is 3.19. The topological polar surface area (TPSA) is 75.4 Å². The summed E-state index contributed by atoms with van der Waals surface area (Å²) in [7, 11) is 0. The van der Waals surface area contributed by atoms with E-state index in [-0.39, 0.29) is 5.91 Å². The summed E-state index contributed by atoms with van der Waals surface area (Å²) in [6, 6.07) is 7.32. The van der Waals surface area contributed by atoms with Gasteiger partial charge in [0.15, 0.2) is 11.3 Å². The monoisotopic (exact) mass is 354 g/mol. The third-order valence-corrected chi connectivity index (χ3v) is 4.37. The number of fused-ring (bicyclic) bond motifs is 1. The molecule has 1 amide bonds. The second-order valence-electron chi connectivity index (χ2n) is 6.56. The van der Waals surface area contributed by atoms with Crippen LogP contribution >= 0.6 is 0 Å². The van der Waals surface area contributed by atoms with Crippen LogP contribution in [0.15, 0.2) is 30.5 Å². The minimum absolute atomic E-state index is 0.304. The third kappa shape index (κ3) is 3.10. The summed E-state index contributed by atoms with van der Waals surface area (Å²) in [5, 5.41) is 7.27. The van der Waals surface area contributed by atoms with Crippen molar-refractivity contribution in [1.29, 1.82) is 0 Å². The van der Waals surface area contributed by atoms with Crippen LogP contribution in [0.4, 0.5) is 16.0 Å². The zero-order valence-electron chi connectivity index (χ0n) is 14.6. The van der Waals surface area contributed by atoms with Crippen molar-refractivity contribution in [1.82, 2.24) is 19.6 Å². The molecule has 4 rings (SSSR count). The van der Waals surface area contributed by atoms with E-state index in [9.17, 15) is 9.18 Å². The Morgan fingerprint density at radius 3 is 2.88 bits per heavy atom. The Hall–Kier alpha value is -3.03. The van der Waals surface area contributed by atoms with Gasteiger partial charge in [-0.15, -0.1) is 5.10 Å². The SMILES string of the molecule is Cc1cc(C)nc(NC(=O)c2cnc3ccc(N4CC[C@H](F)C4)nn23)c1. The van der Waals surface area contributed by atoms with Gasteiger partial charge in [-0.05, 0) is 50.1 Å². The second kappa shape index (κ2) is 6.36. The van der Waals surface area contributed by atoms with Crippen molar-refractivity contribution in [2.45, 2.75) is 26.4 Å². The number of carbonyl (C=O) groups excluding carboxylic acids is 1. The van der Waals surface area contributed by atoms with Gasteiger partial charge in [0.25, 0.3) is 5.91 Å². The van der Waals surface area contributed by atoms with Crippen molar-refractivity contribution in [3.8, 4) is 0 Å². The Bertz CT molecular complexity index is 965. The summed E-state index contributed by atoms with van der Waals surface area (Å²) in [6.07, 6.45) is 1.13. The molecular weight excluding hydrogens is 335 g/mol. The summed E-state index contributed by atoms with van der Waals surface area (Å²) in [4.78, 5) is 23.1. The Morgan fingerprint density at radius 1 is 1.31 bits per heavy atom. The van der Waals surface area contributed by atoms with Gasteiger partial charge in [-0.25, -0.2) is 18.9 Å². The summed E-state index contributed by atoms with van der Waals surface area (Å²) in [6.45, 7) is 4.75. The molecule has 0 bridgehead atoms. The van der Waals surface area contributed by atoms with E-state index in [2.05, 4.69) is 20.4 Å². The first-order valence-electron chi connectivity index (χ1n) is 8.50. The lowest BCUT2D eigenvalue weighted by Gasteiger charge is -2.16. The quantitative estimate of drug-likeness (QED) is 0.782. The maximum absolute atomic E-state index is 13.5.